The van der Waals surface area contributed by atoms with Gasteiger partial charge in [0.1, 0.15) is 0 Å². The third-order valence-electron chi connectivity index (χ3n) is 6.75. The molecule has 2 rings (SSSR count). The Labute approximate surface area is 157 Å². The minimum absolute atomic E-state index is 0.0936. The standard InChI is InChI=1S/C22H37F3O/c1-4-18(14-17(3)15-26-22(23,24)25)20-10-12-21(13-11-20)19-7-5-6-16(2)8-9-19/h4,16-17,19-21H,5-15H2,1-3H3/b18-4+. The maximum Gasteiger partial charge on any atom is 0.522 e. The van der Waals surface area contributed by atoms with Gasteiger partial charge in [-0.2, -0.15) is 0 Å². The largest absolute Gasteiger partial charge is 0.522 e. The van der Waals surface area contributed by atoms with Crippen LogP contribution in [0.1, 0.15) is 85.0 Å². The molecule has 0 aromatic carbocycles. The van der Waals surface area contributed by atoms with Crippen molar-refractivity contribution in [3.05, 3.63) is 11.6 Å². The van der Waals surface area contributed by atoms with Crippen molar-refractivity contribution in [3.8, 4) is 0 Å². The topological polar surface area (TPSA) is 9.23 Å². The molecular formula is C22H37F3O. The number of alkyl halides is 3. The van der Waals surface area contributed by atoms with E-state index in [-0.39, 0.29) is 12.5 Å². The molecule has 3 unspecified atom stereocenters. The number of allylic oxidation sites excluding steroid dienone is 2. The van der Waals surface area contributed by atoms with Crippen LogP contribution >= 0.6 is 0 Å². The van der Waals surface area contributed by atoms with E-state index in [4.69, 9.17) is 0 Å². The van der Waals surface area contributed by atoms with Crippen LogP contribution in [0.25, 0.3) is 0 Å². The number of hydrogen-bond donors (Lipinski definition) is 0. The van der Waals surface area contributed by atoms with Gasteiger partial charge in [0.2, 0.25) is 0 Å². The first kappa shape index (κ1) is 21.8. The molecule has 26 heavy (non-hydrogen) atoms. The molecule has 0 bridgehead atoms. The van der Waals surface area contributed by atoms with Crippen LogP contribution in [0.4, 0.5) is 13.2 Å². The Kier molecular flexibility index (Phi) is 8.50. The van der Waals surface area contributed by atoms with E-state index in [9.17, 15) is 13.2 Å². The lowest BCUT2D eigenvalue weighted by molar-refractivity contribution is -0.328. The van der Waals surface area contributed by atoms with Crippen molar-refractivity contribution in [2.75, 3.05) is 6.61 Å². The van der Waals surface area contributed by atoms with Gasteiger partial charge < -0.3 is 0 Å². The SMILES string of the molecule is C/C=C(\CC(C)COC(F)(F)F)C1CCC(C2CCCC(C)CC2)CC1. The lowest BCUT2D eigenvalue weighted by Gasteiger charge is -2.35. The van der Waals surface area contributed by atoms with E-state index in [2.05, 4.69) is 17.7 Å². The monoisotopic (exact) mass is 374 g/mol. The summed E-state index contributed by atoms with van der Waals surface area (Å²) in [5.41, 5.74) is 1.34. The quantitative estimate of drug-likeness (QED) is 0.345. The molecule has 0 N–H and O–H groups in total. The third kappa shape index (κ3) is 7.25. The number of ether oxygens (including phenoxy) is 1. The summed E-state index contributed by atoms with van der Waals surface area (Å²) in [6.07, 6.45) is 10.4. The smallest absolute Gasteiger partial charge is 0.292 e. The summed E-state index contributed by atoms with van der Waals surface area (Å²) >= 11 is 0. The van der Waals surface area contributed by atoms with Crippen molar-refractivity contribution in [2.45, 2.75) is 91.3 Å². The zero-order chi connectivity index (χ0) is 19.2. The minimum Gasteiger partial charge on any atom is -0.292 e. The molecule has 0 heterocycles. The van der Waals surface area contributed by atoms with Gasteiger partial charge in [-0.15, -0.1) is 13.2 Å². The molecule has 4 heteroatoms. The summed E-state index contributed by atoms with van der Waals surface area (Å²) in [5, 5.41) is 0. The van der Waals surface area contributed by atoms with Crippen molar-refractivity contribution in [1.29, 1.82) is 0 Å². The van der Waals surface area contributed by atoms with Crippen molar-refractivity contribution in [3.63, 3.8) is 0 Å². The van der Waals surface area contributed by atoms with Gasteiger partial charge in [0.25, 0.3) is 0 Å². The van der Waals surface area contributed by atoms with Crippen LogP contribution in [0.5, 0.6) is 0 Å². The van der Waals surface area contributed by atoms with Crippen molar-refractivity contribution >= 4 is 0 Å². The Morgan fingerprint density at radius 2 is 1.62 bits per heavy atom. The maximum atomic E-state index is 12.2. The molecule has 0 aromatic heterocycles. The molecule has 0 spiro atoms. The molecule has 0 amide bonds. The van der Waals surface area contributed by atoms with Crippen molar-refractivity contribution in [1.82, 2.24) is 0 Å². The van der Waals surface area contributed by atoms with Crippen LogP contribution in [0.3, 0.4) is 0 Å². The van der Waals surface area contributed by atoms with Crippen LogP contribution in [-0.4, -0.2) is 13.0 Å². The van der Waals surface area contributed by atoms with Crippen LogP contribution in [-0.2, 0) is 4.74 Å². The molecule has 0 aliphatic heterocycles. The lowest BCUT2D eigenvalue weighted by atomic mass is 9.71. The van der Waals surface area contributed by atoms with Gasteiger partial charge in [0, 0.05) is 0 Å². The molecule has 0 aromatic rings. The van der Waals surface area contributed by atoms with Crippen molar-refractivity contribution in [2.24, 2.45) is 29.6 Å². The fourth-order valence-corrected chi connectivity index (χ4v) is 5.17. The summed E-state index contributed by atoms with van der Waals surface area (Å²) in [6, 6.07) is 0. The van der Waals surface area contributed by atoms with Gasteiger partial charge in [-0.05, 0) is 75.0 Å². The molecule has 2 fully saturated rings. The van der Waals surface area contributed by atoms with Gasteiger partial charge >= 0.3 is 6.36 Å². The minimum atomic E-state index is -4.52. The lowest BCUT2D eigenvalue weighted by Crippen LogP contribution is -2.24. The van der Waals surface area contributed by atoms with Gasteiger partial charge in [0.05, 0.1) is 6.61 Å². The second-order valence-electron chi connectivity index (χ2n) is 8.91. The van der Waals surface area contributed by atoms with E-state index in [1.807, 2.05) is 13.8 Å². The summed E-state index contributed by atoms with van der Waals surface area (Å²) in [4.78, 5) is 0. The van der Waals surface area contributed by atoms with E-state index in [1.165, 1.54) is 63.4 Å². The zero-order valence-corrected chi connectivity index (χ0v) is 16.8. The average molecular weight is 375 g/mol. The fraction of sp³-hybridized carbons (Fsp3) is 0.909. The second kappa shape index (κ2) is 10.1. The van der Waals surface area contributed by atoms with Gasteiger partial charge in [0.15, 0.2) is 0 Å². The van der Waals surface area contributed by atoms with Gasteiger partial charge in [-0.25, -0.2) is 0 Å². The summed E-state index contributed by atoms with van der Waals surface area (Å²) < 4.78 is 40.7. The summed E-state index contributed by atoms with van der Waals surface area (Å²) in [7, 11) is 0. The third-order valence-corrected chi connectivity index (χ3v) is 6.75. The van der Waals surface area contributed by atoms with E-state index < -0.39 is 6.36 Å². The molecule has 0 radical (unpaired) electrons. The fourth-order valence-electron chi connectivity index (χ4n) is 5.17. The Balaban J connectivity index is 1.78. The van der Waals surface area contributed by atoms with E-state index in [0.717, 1.165) is 24.2 Å². The molecule has 152 valence electrons. The predicted octanol–water partition coefficient (Wildman–Crippen LogP) is 7.52. The van der Waals surface area contributed by atoms with Gasteiger partial charge in [-0.1, -0.05) is 51.2 Å². The predicted molar refractivity (Wildman–Crippen MR) is 101 cm³/mol. The molecule has 2 saturated carbocycles. The highest BCUT2D eigenvalue weighted by molar-refractivity contribution is 5.08. The Morgan fingerprint density at radius 3 is 2.23 bits per heavy atom. The normalized spacial score (nSPS) is 32.9. The Hall–Kier alpha value is -0.510. The van der Waals surface area contributed by atoms with E-state index >= 15 is 0 Å². The number of rotatable bonds is 6. The molecular weight excluding hydrogens is 337 g/mol. The maximum absolute atomic E-state index is 12.2. The highest BCUT2D eigenvalue weighted by atomic mass is 19.4. The number of hydrogen-bond acceptors (Lipinski definition) is 1. The number of halogens is 3. The first-order valence-electron chi connectivity index (χ1n) is 10.6. The van der Waals surface area contributed by atoms with Crippen LogP contribution in [0, 0.1) is 29.6 Å². The molecule has 2 aliphatic rings. The Morgan fingerprint density at radius 1 is 1.00 bits per heavy atom. The molecule has 3 atom stereocenters. The van der Waals surface area contributed by atoms with Crippen LogP contribution in [0.15, 0.2) is 11.6 Å². The zero-order valence-electron chi connectivity index (χ0n) is 16.8. The molecule has 0 saturated heterocycles. The summed E-state index contributed by atoms with van der Waals surface area (Å²) in [6.45, 7) is 6.04. The van der Waals surface area contributed by atoms with E-state index in [0.29, 0.717) is 5.92 Å². The van der Waals surface area contributed by atoms with Gasteiger partial charge in [-0.3, -0.25) is 4.74 Å². The van der Waals surface area contributed by atoms with Crippen LogP contribution < -0.4 is 0 Å². The van der Waals surface area contributed by atoms with E-state index in [1.54, 1.807) is 0 Å². The highest BCUT2D eigenvalue weighted by Gasteiger charge is 2.32. The first-order valence-corrected chi connectivity index (χ1v) is 10.6. The Bertz CT molecular complexity index is 435. The van der Waals surface area contributed by atoms with Crippen LogP contribution in [0.2, 0.25) is 0 Å². The summed E-state index contributed by atoms with van der Waals surface area (Å²) in [5.74, 6) is 3.15. The highest BCUT2D eigenvalue weighted by Crippen LogP contribution is 2.42. The second-order valence-corrected chi connectivity index (χ2v) is 8.91. The molecule has 1 nitrogen and oxygen atoms in total. The van der Waals surface area contributed by atoms with Crippen molar-refractivity contribution < 1.29 is 17.9 Å². The first-order chi connectivity index (χ1) is 12.3. The molecule has 2 aliphatic carbocycles. The average Bonchev–Trinajstić information content (AvgIpc) is 2.82.